The van der Waals surface area contributed by atoms with Gasteiger partial charge in [-0.2, -0.15) is 0 Å². The van der Waals surface area contributed by atoms with Crippen LogP contribution in [0.1, 0.15) is 35.9 Å². The van der Waals surface area contributed by atoms with E-state index < -0.39 is 0 Å². The SMILES string of the molecule is COc1ccc([C@@H]2CC(=O)C3=C(C2)Nc2ccccc2N[C@H]3c2ccc3c(c2)OCO3)cc1OC. The zero-order valence-electron chi connectivity index (χ0n) is 19.6. The van der Waals surface area contributed by atoms with Crippen LogP contribution in [0.2, 0.25) is 0 Å². The molecule has 3 aromatic carbocycles. The van der Waals surface area contributed by atoms with Gasteiger partial charge in [0.1, 0.15) is 0 Å². The number of nitrogens with one attached hydrogen (secondary N) is 2. The number of hydrogen-bond acceptors (Lipinski definition) is 7. The fraction of sp³-hybridized carbons (Fsp3) is 0.250. The van der Waals surface area contributed by atoms with E-state index in [4.69, 9.17) is 18.9 Å². The van der Waals surface area contributed by atoms with E-state index in [9.17, 15) is 4.79 Å². The number of carbonyl (C=O) groups excluding carboxylic acids is 1. The van der Waals surface area contributed by atoms with Gasteiger partial charge in [-0.25, -0.2) is 0 Å². The highest BCUT2D eigenvalue weighted by atomic mass is 16.7. The summed E-state index contributed by atoms with van der Waals surface area (Å²) in [7, 11) is 3.24. The molecule has 3 aliphatic rings. The molecule has 0 bridgehead atoms. The van der Waals surface area contributed by atoms with Crippen LogP contribution in [0.4, 0.5) is 11.4 Å². The number of para-hydroxylation sites is 2. The minimum atomic E-state index is -0.311. The molecule has 0 spiro atoms. The van der Waals surface area contributed by atoms with Crippen molar-refractivity contribution in [3.8, 4) is 23.0 Å². The summed E-state index contributed by atoms with van der Waals surface area (Å²) in [4.78, 5) is 13.8. The quantitative estimate of drug-likeness (QED) is 0.528. The number of fused-ring (bicyclic) bond motifs is 2. The molecule has 0 unspecified atom stereocenters. The molecule has 7 nitrogen and oxygen atoms in total. The fourth-order valence-electron chi connectivity index (χ4n) is 5.18. The van der Waals surface area contributed by atoms with E-state index in [0.717, 1.165) is 39.5 Å². The van der Waals surface area contributed by atoms with Gasteiger partial charge in [-0.1, -0.05) is 24.3 Å². The Labute approximate surface area is 203 Å². The molecule has 2 aliphatic heterocycles. The molecular formula is C28H26N2O5. The van der Waals surface area contributed by atoms with Gasteiger partial charge >= 0.3 is 0 Å². The van der Waals surface area contributed by atoms with Crippen molar-refractivity contribution < 1.29 is 23.7 Å². The van der Waals surface area contributed by atoms with E-state index in [2.05, 4.69) is 10.6 Å². The molecule has 0 aromatic heterocycles. The standard InChI is InChI=1S/C28H26N2O5/c1-32-23-9-7-16(13-25(23)33-2)18-11-21-27(22(31)12-18)28(30-20-6-4-3-5-19(20)29-21)17-8-10-24-26(14-17)35-15-34-24/h3-10,13-14,18,28-30H,11-12,15H2,1-2H3/t18-,28-/m0/s1. The van der Waals surface area contributed by atoms with Gasteiger partial charge in [-0.3, -0.25) is 4.79 Å². The first-order valence-corrected chi connectivity index (χ1v) is 11.6. The Morgan fingerprint density at radius 1 is 0.829 bits per heavy atom. The smallest absolute Gasteiger partial charge is 0.231 e. The molecule has 1 aliphatic carbocycles. The van der Waals surface area contributed by atoms with Crippen molar-refractivity contribution in [2.45, 2.75) is 24.8 Å². The number of carbonyl (C=O) groups is 1. The number of ether oxygens (including phenoxy) is 4. The number of Topliss-reactive ketones (excluding diaryl/α,β-unsaturated/α-hetero) is 1. The zero-order valence-corrected chi connectivity index (χ0v) is 19.6. The first kappa shape index (κ1) is 21.4. The van der Waals surface area contributed by atoms with Gasteiger partial charge in [0, 0.05) is 17.7 Å². The van der Waals surface area contributed by atoms with Crippen molar-refractivity contribution in [3.63, 3.8) is 0 Å². The van der Waals surface area contributed by atoms with Gasteiger partial charge in [0.2, 0.25) is 6.79 Å². The Bertz CT molecular complexity index is 1350. The fourth-order valence-corrected chi connectivity index (χ4v) is 5.18. The number of allylic oxidation sites excluding steroid dienone is 1. The van der Waals surface area contributed by atoms with Crippen LogP contribution in [0, 0.1) is 0 Å². The monoisotopic (exact) mass is 470 g/mol. The van der Waals surface area contributed by atoms with Crippen LogP contribution in [-0.2, 0) is 4.79 Å². The van der Waals surface area contributed by atoms with Crippen molar-refractivity contribution in [3.05, 3.63) is 83.1 Å². The third-order valence-corrected chi connectivity index (χ3v) is 6.92. The van der Waals surface area contributed by atoms with Crippen LogP contribution in [0.15, 0.2) is 71.9 Å². The summed E-state index contributed by atoms with van der Waals surface area (Å²) in [5.41, 5.74) is 5.59. The minimum absolute atomic E-state index is 0.0243. The van der Waals surface area contributed by atoms with Crippen LogP contribution in [-0.4, -0.2) is 26.8 Å². The maximum absolute atomic E-state index is 13.8. The van der Waals surface area contributed by atoms with E-state index in [1.807, 2.05) is 60.7 Å². The highest BCUT2D eigenvalue weighted by Gasteiger charge is 2.36. The lowest BCUT2D eigenvalue weighted by Gasteiger charge is -2.30. The molecule has 2 atom stereocenters. The molecule has 0 radical (unpaired) electrons. The normalized spacial score (nSPS) is 20.2. The molecule has 0 fully saturated rings. The summed E-state index contributed by atoms with van der Waals surface area (Å²) in [5, 5.41) is 7.19. The molecule has 3 aromatic rings. The van der Waals surface area contributed by atoms with Crippen LogP contribution >= 0.6 is 0 Å². The van der Waals surface area contributed by atoms with Crippen molar-refractivity contribution in [2.24, 2.45) is 0 Å². The van der Waals surface area contributed by atoms with Gasteiger partial charge < -0.3 is 29.6 Å². The van der Waals surface area contributed by atoms with E-state index in [-0.39, 0.29) is 24.5 Å². The predicted molar refractivity (Wildman–Crippen MR) is 133 cm³/mol. The molecule has 0 amide bonds. The second kappa shape index (κ2) is 8.58. The molecular weight excluding hydrogens is 444 g/mol. The van der Waals surface area contributed by atoms with Crippen LogP contribution in [0.5, 0.6) is 23.0 Å². The first-order chi connectivity index (χ1) is 17.1. The third kappa shape index (κ3) is 3.73. The number of anilines is 2. The Morgan fingerprint density at radius 2 is 1.60 bits per heavy atom. The summed E-state index contributed by atoms with van der Waals surface area (Å²) in [6, 6.07) is 19.5. The Kier molecular flexibility index (Phi) is 5.25. The number of rotatable bonds is 4. The van der Waals surface area contributed by atoms with E-state index in [0.29, 0.717) is 30.1 Å². The number of benzene rings is 3. The lowest BCUT2D eigenvalue weighted by Crippen LogP contribution is -2.26. The minimum Gasteiger partial charge on any atom is -0.493 e. The Hall–Kier alpha value is -4.13. The molecule has 7 heteroatoms. The predicted octanol–water partition coefficient (Wildman–Crippen LogP) is 5.41. The second-order valence-corrected chi connectivity index (χ2v) is 8.90. The molecule has 178 valence electrons. The molecule has 6 rings (SSSR count). The lowest BCUT2D eigenvalue weighted by atomic mass is 9.78. The van der Waals surface area contributed by atoms with E-state index in [1.54, 1.807) is 14.2 Å². The highest BCUT2D eigenvalue weighted by molar-refractivity contribution is 6.01. The largest absolute Gasteiger partial charge is 0.493 e. The first-order valence-electron chi connectivity index (χ1n) is 11.6. The van der Waals surface area contributed by atoms with Crippen molar-refractivity contribution in [1.29, 1.82) is 0 Å². The van der Waals surface area contributed by atoms with Gasteiger partial charge in [0.15, 0.2) is 28.8 Å². The number of ketones is 1. The molecule has 35 heavy (non-hydrogen) atoms. The Morgan fingerprint density at radius 3 is 2.43 bits per heavy atom. The topological polar surface area (TPSA) is 78.1 Å². The highest BCUT2D eigenvalue weighted by Crippen LogP contribution is 2.46. The van der Waals surface area contributed by atoms with E-state index in [1.165, 1.54) is 0 Å². The zero-order chi connectivity index (χ0) is 23.9. The molecule has 2 heterocycles. The van der Waals surface area contributed by atoms with E-state index >= 15 is 0 Å². The molecule has 2 N–H and O–H groups in total. The van der Waals surface area contributed by atoms with Gasteiger partial charge in [-0.05, 0) is 59.9 Å². The lowest BCUT2D eigenvalue weighted by molar-refractivity contribution is -0.116. The number of methoxy groups -OCH3 is 2. The van der Waals surface area contributed by atoms with Crippen molar-refractivity contribution >= 4 is 17.2 Å². The second-order valence-electron chi connectivity index (χ2n) is 8.90. The maximum Gasteiger partial charge on any atom is 0.231 e. The van der Waals surface area contributed by atoms with Crippen molar-refractivity contribution in [1.82, 2.24) is 0 Å². The summed E-state index contributed by atoms with van der Waals surface area (Å²) in [5.74, 6) is 2.89. The molecule has 0 saturated heterocycles. The number of hydrogen-bond donors (Lipinski definition) is 2. The Balaban J connectivity index is 1.42. The summed E-state index contributed by atoms with van der Waals surface area (Å²) >= 11 is 0. The van der Waals surface area contributed by atoms with Gasteiger partial charge in [0.25, 0.3) is 0 Å². The van der Waals surface area contributed by atoms with Crippen molar-refractivity contribution in [2.75, 3.05) is 31.6 Å². The summed E-state index contributed by atoms with van der Waals surface area (Å²) in [6.07, 6.45) is 1.11. The molecule has 0 saturated carbocycles. The van der Waals surface area contributed by atoms with Gasteiger partial charge in [0.05, 0.1) is 31.6 Å². The van der Waals surface area contributed by atoms with Gasteiger partial charge in [-0.15, -0.1) is 0 Å². The van der Waals surface area contributed by atoms with Crippen LogP contribution < -0.4 is 29.6 Å². The summed E-state index contributed by atoms with van der Waals surface area (Å²) in [6.45, 7) is 0.209. The average molecular weight is 471 g/mol. The van der Waals surface area contributed by atoms with Crippen LogP contribution in [0.25, 0.3) is 0 Å². The maximum atomic E-state index is 13.8. The summed E-state index contributed by atoms with van der Waals surface area (Å²) < 4.78 is 22.0. The average Bonchev–Trinajstić information content (AvgIpc) is 3.29. The van der Waals surface area contributed by atoms with Crippen LogP contribution in [0.3, 0.4) is 0 Å². The third-order valence-electron chi connectivity index (χ3n) is 6.92.